The standard InChI is InChI=1S/C22H21N3O3/c1-2-28-21-19(14-9-15-23-21)22(27)25(18-12-7-4-8-13-18)16-20(26)24-17-10-5-3-6-11-17/h3-15H,2,16H2,1H3,(H,24,26). The number of pyridine rings is 1. The lowest BCUT2D eigenvalue weighted by Gasteiger charge is -2.23. The van der Waals surface area contributed by atoms with Crippen LogP contribution >= 0.6 is 0 Å². The Hall–Kier alpha value is -3.67. The largest absolute Gasteiger partial charge is 0.477 e. The molecule has 2 aromatic carbocycles. The number of nitrogens with one attached hydrogen (secondary N) is 1. The van der Waals surface area contributed by atoms with E-state index in [1.165, 1.54) is 4.90 Å². The number of benzene rings is 2. The number of hydrogen-bond acceptors (Lipinski definition) is 4. The Morgan fingerprint density at radius 1 is 0.964 bits per heavy atom. The minimum atomic E-state index is -0.356. The molecule has 0 atom stereocenters. The van der Waals surface area contributed by atoms with E-state index in [1.54, 1.807) is 42.6 Å². The van der Waals surface area contributed by atoms with Crippen LogP contribution < -0.4 is 15.0 Å². The normalized spacial score (nSPS) is 10.2. The van der Waals surface area contributed by atoms with Gasteiger partial charge in [0, 0.05) is 17.6 Å². The van der Waals surface area contributed by atoms with Crippen molar-refractivity contribution in [1.29, 1.82) is 0 Å². The van der Waals surface area contributed by atoms with E-state index in [0.29, 0.717) is 23.5 Å². The van der Waals surface area contributed by atoms with Crippen LogP contribution in [0.25, 0.3) is 0 Å². The quantitative estimate of drug-likeness (QED) is 0.682. The summed E-state index contributed by atoms with van der Waals surface area (Å²) in [6.07, 6.45) is 1.57. The van der Waals surface area contributed by atoms with Gasteiger partial charge in [-0.1, -0.05) is 36.4 Å². The average molecular weight is 375 g/mol. The number of anilines is 2. The van der Waals surface area contributed by atoms with Gasteiger partial charge in [-0.15, -0.1) is 0 Å². The highest BCUT2D eigenvalue weighted by Crippen LogP contribution is 2.22. The molecule has 0 aliphatic carbocycles. The van der Waals surface area contributed by atoms with Crippen LogP contribution in [0.3, 0.4) is 0 Å². The lowest BCUT2D eigenvalue weighted by atomic mass is 10.2. The van der Waals surface area contributed by atoms with E-state index in [-0.39, 0.29) is 24.2 Å². The molecule has 3 rings (SSSR count). The zero-order valence-corrected chi connectivity index (χ0v) is 15.5. The average Bonchev–Trinajstić information content (AvgIpc) is 2.73. The third-order valence-corrected chi connectivity index (χ3v) is 3.95. The molecule has 6 heteroatoms. The van der Waals surface area contributed by atoms with Crippen molar-refractivity contribution in [2.24, 2.45) is 0 Å². The zero-order chi connectivity index (χ0) is 19.8. The number of carbonyl (C=O) groups is 2. The van der Waals surface area contributed by atoms with Crippen molar-refractivity contribution in [3.8, 4) is 5.88 Å². The van der Waals surface area contributed by atoms with Gasteiger partial charge in [0.15, 0.2) is 0 Å². The van der Waals surface area contributed by atoms with Crippen LogP contribution in [-0.2, 0) is 4.79 Å². The maximum atomic E-state index is 13.3. The van der Waals surface area contributed by atoms with Crippen molar-refractivity contribution in [2.75, 3.05) is 23.4 Å². The topological polar surface area (TPSA) is 71.5 Å². The number of nitrogens with zero attached hydrogens (tertiary/aromatic N) is 2. The first-order valence-electron chi connectivity index (χ1n) is 8.98. The molecule has 0 unspecified atom stereocenters. The Kier molecular flexibility index (Phi) is 6.36. The summed E-state index contributed by atoms with van der Waals surface area (Å²) in [5.74, 6) is -0.407. The fourth-order valence-electron chi connectivity index (χ4n) is 2.70. The summed E-state index contributed by atoms with van der Waals surface area (Å²) in [6.45, 7) is 2.07. The van der Waals surface area contributed by atoms with Crippen LogP contribution in [-0.4, -0.2) is 29.9 Å². The monoisotopic (exact) mass is 375 g/mol. The Balaban J connectivity index is 1.87. The molecule has 6 nitrogen and oxygen atoms in total. The van der Waals surface area contributed by atoms with Gasteiger partial charge in [-0.3, -0.25) is 14.5 Å². The predicted octanol–water partition coefficient (Wildman–Crippen LogP) is 3.77. The lowest BCUT2D eigenvalue weighted by molar-refractivity contribution is -0.114. The predicted molar refractivity (Wildman–Crippen MR) is 109 cm³/mol. The molecule has 3 aromatic rings. The summed E-state index contributed by atoms with van der Waals surface area (Å²) in [4.78, 5) is 31.4. The Bertz CT molecular complexity index is 930. The van der Waals surface area contributed by atoms with Gasteiger partial charge in [-0.05, 0) is 43.3 Å². The minimum Gasteiger partial charge on any atom is -0.477 e. The Morgan fingerprint density at radius 2 is 1.64 bits per heavy atom. The second-order valence-electron chi connectivity index (χ2n) is 5.93. The van der Waals surface area contributed by atoms with Crippen molar-refractivity contribution in [3.05, 3.63) is 84.6 Å². The smallest absolute Gasteiger partial charge is 0.264 e. The molecule has 0 bridgehead atoms. The highest BCUT2D eigenvalue weighted by atomic mass is 16.5. The number of hydrogen-bond donors (Lipinski definition) is 1. The van der Waals surface area contributed by atoms with Crippen molar-refractivity contribution in [2.45, 2.75) is 6.92 Å². The van der Waals surface area contributed by atoms with Crippen molar-refractivity contribution >= 4 is 23.2 Å². The van der Waals surface area contributed by atoms with Gasteiger partial charge >= 0.3 is 0 Å². The molecule has 0 saturated heterocycles. The summed E-state index contributed by atoms with van der Waals surface area (Å²) in [6, 6.07) is 21.5. The first-order chi connectivity index (χ1) is 13.7. The van der Waals surface area contributed by atoms with E-state index in [9.17, 15) is 9.59 Å². The van der Waals surface area contributed by atoms with E-state index >= 15 is 0 Å². The summed E-state index contributed by atoms with van der Waals surface area (Å²) in [5.41, 5.74) is 1.59. The zero-order valence-electron chi connectivity index (χ0n) is 15.5. The molecule has 1 N–H and O–H groups in total. The van der Waals surface area contributed by atoms with Gasteiger partial charge in [0.05, 0.1) is 6.61 Å². The van der Waals surface area contributed by atoms with Crippen molar-refractivity contribution in [1.82, 2.24) is 4.98 Å². The van der Waals surface area contributed by atoms with Crippen LogP contribution in [0.2, 0.25) is 0 Å². The van der Waals surface area contributed by atoms with Gasteiger partial charge in [-0.25, -0.2) is 4.98 Å². The summed E-state index contributed by atoms with van der Waals surface area (Å²) < 4.78 is 5.49. The third-order valence-electron chi connectivity index (χ3n) is 3.95. The molecule has 0 aliphatic rings. The van der Waals surface area contributed by atoms with Crippen LogP contribution in [0.15, 0.2) is 79.0 Å². The van der Waals surface area contributed by atoms with Gasteiger partial charge in [0.2, 0.25) is 11.8 Å². The maximum Gasteiger partial charge on any atom is 0.264 e. The van der Waals surface area contributed by atoms with Gasteiger partial charge in [0.25, 0.3) is 5.91 Å². The van der Waals surface area contributed by atoms with Crippen molar-refractivity contribution < 1.29 is 14.3 Å². The van der Waals surface area contributed by atoms with Crippen LogP contribution in [0.4, 0.5) is 11.4 Å². The molecule has 0 saturated carbocycles. The first kappa shape index (κ1) is 19.1. The number of ether oxygens (including phenoxy) is 1. The SMILES string of the molecule is CCOc1ncccc1C(=O)N(CC(=O)Nc1ccccc1)c1ccccc1. The molecule has 1 heterocycles. The fourth-order valence-corrected chi connectivity index (χ4v) is 2.70. The molecule has 2 amide bonds. The van der Waals surface area contributed by atoms with Crippen LogP contribution in [0, 0.1) is 0 Å². The molecule has 0 radical (unpaired) electrons. The molecular formula is C22H21N3O3. The number of carbonyl (C=O) groups excluding carboxylic acids is 2. The number of para-hydroxylation sites is 2. The van der Waals surface area contributed by atoms with E-state index in [4.69, 9.17) is 4.74 Å². The Labute approximate surface area is 163 Å². The molecular weight excluding hydrogens is 354 g/mol. The number of amides is 2. The summed E-state index contributed by atoms with van der Waals surface area (Å²) in [7, 11) is 0. The summed E-state index contributed by atoms with van der Waals surface area (Å²) >= 11 is 0. The van der Waals surface area contributed by atoms with E-state index < -0.39 is 0 Å². The van der Waals surface area contributed by atoms with Crippen LogP contribution in [0.1, 0.15) is 17.3 Å². The van der Waals surface area contributed by atoms with Gasteiger partial charge in [0.1, 0.15) is 12.1 Å². The highest BCUT2D eigenvalue weighted by Gasteiger charge is 2.24. The summed E-state index contributed by atoms with van der Waals surface area (Å²) in [5, 5.41) is 2.81. The van der Waals surface area contributed by atoms with Gasteiger partial charge in [-0.2, -0.15) is 0 Å². The maximum absolute atomic E-state index is 13.3. The first-order valence-corrected chi connectivity index (χ1v) is 8.98. The second kappa shape index (κ2) is 9.32. The van der Waals surface area contributed by atoms with E-state index in [2.05, 4.69) is 10.3 Å². The molecule has 28 heavy (non-hydrogen) atoms. The van der Waals surface area contributed by atoms with E-state index in [0.717, 1.165) is 0 Å². The second-order valence-corrected chi connectivity index (χ2v) is 5.93. The minimum absolute atomic E-state index is 0.141. The molecule has 142 valence electrons. The fraction of sp³-hybridized carbons (Fsp3) is 0.136. The van der Waals surface area contributed by atoms with Crippen LogP contribution in [0.5, 0.6) is 5.88 Å². The van der Waals surface area contributed by atoms with Crippen molar-refractivity contribution in [3.63, 3.8) is 0 Å². The molecule has 0 aliphatic heterocycles. The number of rotatable bonds is 7. The Morgan fingerprint density at radius 3 is 2.32 bits per heavy atom. The number of aromatic nitrogens is 1. The molecule has 1 aromatic heterocycles. The lowest BCUT2D eigenvalue weighted by Crippen LogP contribution is -2.38. The third kappa shape index (κ3) is 4.73. The molecule has 0 fully saturated rings. The van der Waals surface area contributed by atoms with E-state index in [1.807, 2.05) is 43.3 Å². The van der Waals surface area contributed by atoms with Gasteiger partial charge < -0.3 is 10.1 Å². The molecule has 0 spiro atoms. The highest BCUT2D eigenvalue weighted by molar-refractivity contribution is 6.11.